The van der Waals surface area contributed by atoms with E-state index >= 15 is 0 Å². The Morgan fingerprint density at radius 2 is 1.52 bits per heavy atom. The molecule has 1 saturated heterocycles. The minimum absolute atomic E-state index is 0.00752. The predicted molar refractivity (Wildman–Crippen MR) is 124 cm³/mol. The van der Waals surface area contributed by atoms with E-state index in [1.807, 2.05) is 53.4 Å². The van der Waals surface area contributed by atoms with Crippen LogP contribution in [-0.2, 0) is 21.2 Å². The van der Waals surface area contributed by atoms with Crippen LogP contribution in [0.3, 0.4) is 0 Å². The first-order valence-electron chi connectivity index (χ1n) is 10.6. The molecule has 8 nitrogen and oxygen atoms in total. The molecule has 2 heterocycles. The van der Waals surface area contributed by atoms with Gasteiger partial charge in [0.05, 0.1) is 25.5 Å². The van der Waals surface area contributed by atoms with Crippen molar-refractivity contribution in [3.8, 4) is 17.2 Å². The van der Waals surface area contributed by atoms with Gasteiger partial charge in [0.2, 0.25) is 15.9 Å². The van der Waals surface area contributed by atoms with Crippen LogP contribution in [0, 0.1) is 0 Å². The Kier molecular flexibility index (Phi) is 6.71. The normalized spacial score (nSPS) is 14.8. The molecule has 0 radical (unpaired) electrons. The zero-order valence-electron chi connectivity index (χ0n) is 18.7. The van der Waals surface area contributed by atoms with E-state index in [4.69, 9.17) is 9.47 Å². The number of ether oxygens (including phenoxy) is 2. The number of hydrogen-bond donors (Lipinski definition) is 0. The standard InChI is InChI=1S/C24H27N3O5S/c1-31-22-10-9-21(18-23(22)32-2)33(29,30)27-15-13-26(14-16-27)24(28)17-19-5-7-20(8-6-19)25-11-3-4-12-25/h3-12,18H,13-17H2,1-2H3. The van der Waals surface area contributed by atoms with Gasteiger partial charge in [0.25, 0.3) is 0 Å². The Labute approximate surface area is 194 Å². The van der Waals surface area contributed by atoms with Crippen LogP contribution in [0.4, 0.5) is 0 Å². The van der Waals surface area contributed by atoms with Crippen molar-refractivity contribution in [3.63, 3.8) is 0 Å². The van der Waals surface area contributed by atoms with E-state index in [0.717, 1.165) is 11.3 Å². The molecule has 0 atom stereocenters. The summed E-state index contributed by atoms with van der Waals surface area (Å²) in [6, 6.07) is 16.3. The highest BCUT2D eigenvalue weighted by atomic mass is 32.2. The van der Waals surface area contributed by atoms with Gasteiger partial charge >= 0.3 is 0 Å². The third-order valence-corrected chi connectivity index (χ3v) is 7.67. The molecule has 1 amide bonds. The summed E-state index contributed by atoms with van der Waals surface area (Å²) in [5, 5.41) is 0. The van der Waals surface area contributed by atoms with Gasteiger partial charge in [-0.3, -0.25) is 4.79 Å². The number of aromatic nitrogens is 1. The van der Waals surface area contributed by atoms with Gasteiger partial charge in [-0.15, -0.1) is 0 Å². The molecular formula is C24H27N3O5S. The zero-order chi connectivity index (χ0) is 23.4. The maximum Gasteiger partial charge on any atom is 0.243 e. The summed E-state index contributed by atoms with van der Waals surface area (Å²) >= 11 is 0. The second-order valence-corrected chi connectivity index (χ2v) is 9.67. The van der Waals surface area contributed by atoms with Gasteiger partial charge in [-0.05, 0) is 42.0 Å². The molecular weight excluding hydrogens is 442 g/mol. The van der Waals surface area contributed by atoms with Crippen LogP contribution in [0.2, 0.25) is 0 Å². The average molecular weight is 470 g/mol. The van der Waals surface area contributed by atoms with E-state index in [9.17, 15) is 13.2 Å². The number of methoxy groups -OCH3 is 2. The Morgan fingerprint density at radius 1 is 0.879 bits per heavy atom. The Morgan fingerprint density at radius 3 is 2.12 bits per heavy atom. The summed E-state index contributed by atoms with van der Waals surface area (Å²) in [6.07, 6.45) is 4.22. The van der Waals surface area contributed by atoms with E-state index in [2.05, 4.69) is 0 Å². The summed E-state index contributed by atoms with van der Waals surface area (Å²) < 4.78 is 40.0. The number of amides is 1. The number of carbonyl (C=O) groups excluding carboxylic acids is 1. The van der Waals surface area contributed by atoms with E-state index < -0.39 is 10.0 Å². The average Bonchev–Trinajstić information content (AvgIpc) is 3.39. The monoisotopic (exact) mass is 469 g/mol. The van der Waals surface area contributed by atoms with Crippen LogP contribution in [0.1, 0.15) is 5.56 Å². The second kappa shape index (κ2) is 9.68. The van der Waals surface area contributed by atoms with Crippen molar-refractivity contribution in [1.82, 2.24) is 13.8 Å². The number of carbonyl (C=O) groups is 1. The van der Waals surface area contributed by atoms with Crippen molar-refractivity contribution in [1.29, 1.82) is 0 Å². The summed E-state index contributed by atoms with van der Waals surface area (Å²) in [4.78, 5) is 14.6. The van der Waals surface area contributed by atoms with Crippen molar-refractivity contribution in [2.75, 3.05) is 40.4 Å². The van der Waals surface area contributed by atoms with Gasteiger partial charge in [0.15, 0.2) is 11.5 Å². The lowest BCUT2D eigenvalue weighted by atomic mass is 10.1. The summed E-state index contributed by atoms with van der Waals surface area (Å²) in [5.74, 6) is 0.815. The molecule has 1 aliphatic heterocycles. The Balaban J connectivity index is 1.36. The first-order valence-corrected chi connectivity index (χ1v) is 12.1. The number of hydrogen-bond acceptors (Lipinski definition) is 5. The fourth-order valence-electron chi connectivity index (χ4n) is 3.88. The molecule has 0 bridgehead atoms. The van der Waals surface area contributed by atoms with Crippen LogP contribution < -0.4 is 9.47 Å². The fraction of sp³-hybridized carbons (Fsp3) is 0.292. The van der Waals surface area contributed by atoms with Crippen molar-refractivity contribution < 1.29 is 22.7 Å². The highest BCUT2D eigenvalue weighted by Crippen LogP contribution is 2.31. The summed E-state index contributed by atoms with van der Waals surface area (Å²) in [7, 11) is -0.733. The molecule has 33 heavy (non-hydrogen) atoms. The van der Waals surface area contributed by atoms with E-state index in [0.29, 0.717) is 24.6 Å². The highest BCUT2D eigenvalue weighted by Gasteiger charge is 2.30. The minimum atomic E-state index is -3.70. The van der Waals surface area contributed by atoms with Crippen LogP contribution in [0.25, 0.3) is 5.69 Å². The SMILES string of the molecule is COc1ccc(S(=O)(=O)N2CCN(C(=O)Cc3ccc(-n4cccc4)cc3)CC2)cc1OC. The molecule has 0 unspecified atom stereocenters. The largest absolute Gasteiger partial charge is 0.493 e. The maximum atomic E-state index is 13.1. The molecule has 3 aromatic rings. The minimum Gasteiger partial charge on any atom is -0.493 e. The molecule has 0 spiro atoms. The summed E-state index contributed by atoms with van der Waals surface area (Å²) in [6.45, 7) is 1.20. The second-order valence-electron chi connectivity index (χ2n) is 7.74. The molecule has 4 rings (SSSR count). The summed E-state index contributed by atoms with van der Waals surface area (Å²) in [5.41, 5.74) is 1.96. The third kappa shape index (κ3) is 4.89. The molecule has 0 aliphatic carbocycles. The van der Waals surface area contributed by atoms with Crippen LogP contribution in [0.15, 0.2) is 71.9 Å². The number of nitrogens with zero attached hydrogens (tertiary/aromatic N) is 3. The van der Waals surface area contributed by atoms with Crippen LogP contribution in [-0.4, -0.2) is 68.5 Å². The van der Waals surface area contributed by atoms with Crippen LogP contribution >= 0.6 is 0 Å². The Bertz CT molecular complexity index is 1200. The van der Waals surface area contributed by atoms with E-state index in [1.54, 1.807) is 11.0 Å². The number of sulfonamides is 1. The van der Waals surface area contributed by atoms with E-state index in [1.165, 1.54) is 30.7 Å². The van der Waals surface area contributed by atoms with Crippen LogP contribution in [0.5, 0.6) is 11.5 Å². The molecule has 9 heteroatoms. The molecule has 1 fully saturated rings. The lowest BCUT2D eigenvalue weighted by Gasteiger charge is -2.34. The van der Waals surface area contributed by atoms with Crippen molar-refractivity contribution in [2.45, 2.75) is 11.3 Å². The van der Waals surface area contributed by atoms with Gasteiger partial charge in [0, 0.05) is 50.3 Å². The zero-order valence-corrected chi connectivity index (χ0v) is 19.5. The molecule has 0 N–H and O–H groups in total. The first kappa shape index (κ1) is 22.9. The van der Waals surface area contributed by atoms with Crippen molar-refractivity contribution >= 4 is 15.9 Å². The smallest absolute Gasteiger partial charge is 0.243 e. The molecule has 1 aliphatic rings. The fourth-order valence-corrected chi connectivity index (χ4v) is 5.32. The van der Waals surface area contributed by atoms with Gasteiger partial charge in [-0.1, -0.05) is 12.1 Å². The molecule has 1 aromatic heterocycles. The van der Waals surface area contributed by atoms with Gasteiger partial charge in [-0.2, -0.15) is 4.31 Å². The maximum absolute atomic E-state index is 13.1. The molecule has 2 aromatic carbocycles. The lowest BCUT2D eigenvalue weighted by molar-refractivity contribution is -0.131. The number of piperazine rings is 1. The van der Waals surface area contributed by atoms with Gasteiger partial charge < -0.3 is 18.9 Å². The van der Waals surface area contributed by atoms with Gasteiger partial charge in [0.1, 0.15) is 0 Å². The van der Waals surface area contributed by atoms with E-state index in [-0.39, 0.29) is 30.3 Å². The van der Waals surface area contributed by atoms with Crippen molar-refractivity contribution in [3.05, 3.63) is 72.6 Å². The quantitative estimate of drug-likeness (QED) is 0.531. The molecule has 174 valence electrons. The highest BCUT2D eigenvalue weighted by molar-refractivity contribution is 7.89. The topological polar surface area (TPSA) is 81.1 Å². The van der Waals surface area contributed by atoms with Gasteiger partial charge in [-0.25, -0.2) is 8.42 Å². The Hall–Kier alpha value is -3.30. The predicted octanol–water partition coefficient (Wildman–Crippen LogP) is 2.57. The molecule has 0 saturated carbocycles. The number of rotatable bonds is 7. The first-order chi connectivity index (χ1) is 15.9. The lowest BCUT2D eigenvalue weighted by Crippen LogP contribution is -2.50. The third-order valence-electron chi connectivity index (χ3n) is 5.78. The number of benzene rings is 2. The van der Waals surface area contributed by atoms with Crippen molar-refractivity contribution in [2.24, 2.45) is 0 Å².